The summed E-state index contributed by atoms with van der Waals surface area (Å²) in [5, 5.41) is 16.8. The van der Waals surface area contributed by atoms with Gasteiger partial charge in [-0.3, -0.25) is 9.59 Å². The van der Waals surface area contributed by atoms with E-state index in [9.17, 15) is 9.59 Å². The maximum atomic E-state index is 10.3. The van der Waals surface area contributed by atoms with E-state index in [1.807, 2.05) is 0 Å². The van der Waals surface area contributed by atoms with Crippen molar-refractivity contribution < 1.29 is 19.8 Å². The Balaban J connectivity index is 0. The Labute approximate surface area is 326 Å². The van der Waals surface area contributed by atoms with Gasteiger partial charge in [-0.15, -0.1) is 0 Å². The van der Waals surface area contributed by atoms with Crippen molar-refractivity contribution in [3.05, 3.63) is 0 Å². The Bertz CT molecular complexity index is 650. The fourth-order valence-electron chi connectivity index (χ4n) is 6.96. The van der Waals surface area contributed by atoms with Gasteiger partial charge in [-0.05, 0) is 0 Å². The van der Waals surface area contributed by atoms with Crippen molar-refractivity contribution in [3.63, 3.8) is 0 Å². The van der Waals surface area contributed by atoms with Crippen LogP contribution < -0.4 is 11.5 Å². The van der Waals surface area contributed by atoms with E-state index in [2.05, 4.69) is 27.7 Å². The number of rotatable bonds is 39. The summed E-state index contributed by atoms with van der Waals surface area (Å²) in [6.45, 7) is 9.38. The van der Waals surface area contributed by atoms with E-state index in [-0.39, 0.29) is 11.5 Å². The molecule has 0 rings (SSSR count). The Morgan fingerprint density at radius 1 is 0.412 bits per heavy atom. The molecule has 0 aliphatic heterocycles. The molecule has 0 heterocycles. The minimum absolute atomic E-state index is 0.229. The second-order valence-electron chi connectivity index (χ2n) is 15.4. The molecule has 0 fully saturated rings. The van der Waals surface area contributed by atoms with Gasteiger partial charge in [-0.1, -0.05) is 21.6 Å². The molecule has 0 aliphatic carbocycles. The van der Waals surface area contributed by atoms with E-state index in [0.717, 1.165) is 0 Å². The number of nitrogens with two attached hydrogens (primary N) is 2. The molecule has 0 saturated carbocycles. The molecule has 0 saturated heterocycles. The zero-order valence-electron chi connectivity index (χ0n) is 34.4. The number of hydrogen-bond donors (Lipinski definition) is 4. The van der Waals surface area contributed by atoms with Gasteiger partial charge in [0.05, 0.1) is 0 Å². The summed E-state index contributed by atoms with van der Waals surface area (Å²) >= 11 is 0. The van der Waals surface area contributed by atoms with Crippen LogP contribution in [0.3, 0.4) is 0 Å². The largest absolute Gasteiger partial charge is 0.480 e. The molecule has 0 aliphatic rings. The van der Waals surface area contributed by atoms with Crippen LogP contribution in [-0.2, 0) is 9.59 Å². The Morgan fingerprint density at radius 3 is 0.804 bits per heavy atom. The van der Waals surface area contributed by atoms with Crippen LogP contribution in [-0.4, -0.2) is 70.4 Å². The normalized spacial score (nSPS) is 13.1. The van der Waals surface area contributed by atoms with E-state index >= 15 is 0 Å². The first-order valence-electron chi connectivity index (χ1n) is 21.9. The fraction of sp³-hybridized carbons (Fsp3) is 0.952. The third-order valence-corrected chi connectivity index (χ3v) is 18.6. The smallest absolute Gasteiger partial charge is 0.321 e. The van der Waals surface area contributed by atoms with Gasteiger partial charge in [0.2, 0.25) is 0 Å². The molecule has 51 heavy (non-hydrogen) atoms. The second-order valence-corrected chi connectivity index (χ2v) is 23.0. The van der Waals surface area contributed by atoms with Crippen LogP contribution in [0.15, 0.2) is 0 Å². The van der Waals surface area contributed by atoms with E-state index in [0.29, 0.717) is 0 Å². The van der Waals surface area contributed by atoms with Crippen LogP contribution in [0.5, 0.6) is 0 Å². The standard InChI is InChI=1S/C36H77P.C6H12N2O4S2/c1-5-9-13-17-21-25-29-33-37(34-30-26-22-18-14-10-6-2,35-31-27-23-19-15-11-7-3)36-32-28-24-20-16-12-8-4;7-3(5(9)10)1-13-14-2-4(8)6(11)12/h37H,5-36H2,1-4H3;3-4H,1-2,7-8H2,(H,9,10)(H,11,12). The van der Waals surface area contributed by atoms with Crippen molar-refractivity contribution >= 4 is 40.8 Å². The van der Waals surface area contributed by atoms with Gasteiger partial charge in [0.1, 0.15) is 12.1 Å². The molecule has 0 amide bonds. The molecule has 2 atom stereocenters. The summed E-state index contributed by atoms with van der Waals surface area (Å²) in [4.78, 5) is 20.5. The molecule has 9 heteroatoms. The molecule has 0 bridgehead atoms. The van der Waals surface area contributed by atoms with Crippen LogP contribution in [0.4, 0.5) is 0 Å². The first-order valence-corrected chi connectivity index (χ1v) is 27.2. The van der Waals surface area contributed by atoms with Crippen molar-refractivity contribution in [3.8, 4) is 0 Å². The average molecular weight is 781 g/mol. The van der Waals surface area contributed by atoms with Gasteiger partial charge in [0.25, 0.3) is 0 Å². The van der Waals surface area contributed by atoms with Crippen LogP contribution in [0.2, 0.25) is 0 Å². The summed E-state index contributed by atoms with van der Waals surface area (Å²) in [5.74, 6) is -1.68. The molecule has 6 N–H and O–H groups in total. The molecule has 0 aromatic heterocycles. The Kier molecular flexibility index (Phi) is 42.8. The predicted molar refractivity (Wildman–Crippen MR) is 236 cm³/mol. The van der Waals surface area contributed by atoms with Gasteiger partial charge in [0.15, 0.2) is 0 Å². The number of hydrogen-bond acceptors (Lipinski definition) is 6. The van der Waals surface area contributed by atoms with Gasteiger partial charge in [-0.2, -0.15) is 0 Å². The maximum Gasteiger partial charge on any atom is 0.321 e. The van der Waals surface area contributed by atoms with Gasteiger partial charge >= 0.3 is 251 Å². The fourth-order valence-corrected chi connectivity index (χ4v) is 14.7. The third kappa shape index (κ3) is 38.1. The number of unbranched alkanes of at least 4 members (excludes halogenated alkanes) is 24. The van der Waals surface area contributed by atoms with Crippen molar-refractivity contribution in [1.29, 1.82) is 0 Å². The van der Waals surface area contributed by atoms with Gasteiger partial charge in [0, 0.05) is 11.5 Å². The van der Waals surface area contributed by atoms with Crippen molar-refractivity contribution in [2.75, 3.05) is 36.2 Å². The second kappa shape index (κ2) is 41.2. The quantitative estimate of drug-likeness (QED) is 0.0276. The van der Waals surface area contributed by atoms with Crippen LogP contribution >= 0.6 is 28.9 Å². The predicted octanol–water partition coefficient (Wildman–Crippen LogP) is 12.9. The van der Waals surface area contributed by atoms with Crippen LogP contribution in [0.25, 0.3) is 0 Å². The molecule has 308 valence electrons. The zero-order valence-corrected chi connectivity index (χ0v) is 37.0. The van der Waals surface area contributed by atoms with E-state index < -0.39 is 31.3 Å². The molecule has 0 radical (unpaired) electrons. The summed E-state index contributed by atoms with van der Waals surface area (Å²) in [6.07, 6.45) is 48.4. The molecule has 0 spiro atoms. The van der Waals surface area contributed by atoms with E-state index in [1.165, 1.54) is 176 Å². The van der Waals surface area contributed by atoms with E-state index in [4.69, 9.17) is 21.7 Å². The third-order valence-electron chi connectivity index (χ3n) is 10.5. The maximum absolute atomic E-state index is 10.3. The summed E-state index contributed by atoms with van der Waals surface area (Å²) < 4.78 is 0. The van der Waals surface area contributed by atoms with Crippen LogP contribution in [0, 0.1) is 0 Å². The van der Waals surface area contributed by atoms with Crippen molar-refractivity contribution in [1.82, 2.24) is 0 Å². The molecular formula is C42H89N2O4PS2. The molecular weight excluding hydrogens is 692 g/mol. The molecule has 2 unspecified atom stereocenters. The molecule has 0 aromatic carbocycles. The van der Waals surface area contributed by atoms with E-state index in [1.54, 1.807) is 50.3 Å². The summed E-state index contributed by atoms with van der Waals surface area (Å²) in [5.41, 5.74) is 10.4. The number of carboxylic acid groups (broad SMARTS) is 2. The Morgan fingerprint density at radius 2 is 0.608 bits per heavy atom. The minimum atomic E-state index is -1.10. The zero-order chi connectivity index (χ0) is 38.3. The number of carbonyl (C=O) groups is 2. The van der Waals surface area contributed by atoms with Gasteiger partial charge in [-0.25, -0.2) is 0 Å². The Hall–Kier alpha value is -0.0100. The van der Waals surface area contributed by atoms with Crippen molar-refractivity contribution in [2.24, 2.45) is 11.5 Å². The molecule has 6 nitrogen and oxygen atoms in total. The number of carboxylic acids is 2. The summed E-state index contributed by atoms with van der Waals surface area (Å²) in [6, 6.07) is -1.85. The van der Waals surface area contributed by atoms with Crippen LogP contribution in [0.1, 0.15) is 207 Å². The number of aliphatic carboxylic acids is 2. The van der Waals surface area contributed by atoms with Crippen molar-refractivity contribution in [2.45, 2.75) is 220 Å². The average Bonchev–Trinajstić information content (AvgIpc) is 3.11. The molecule has 0 aromatic rings. The SMILES string of the molecule is CCCCCCCCC[PH](CCCCCCCCC)(CCCCCCCCC)CCCCCCCCC.NC(CSSCC(N)C(=O)O)C(=O)O. The minimum Gasteiger partial charge on any atom is -0.480 e. The van der Waals surface area contributed by atoms with Gasteiger partial charge < -0.3 is 21.7 Å². The topological polar surface area (TPSA) is 127 Å². The summed E-state index contributed by atoms with van der Waals surface area (Å²) in [7, 11) is 1.31. The monoisotopic (exact) mass is 781 g/mol. The first-order chi connectivity index (χ1) is 24.7. The first kappa shape index (κ1) is 53.1.